The Morgan fingerprint density at radius 1 is 1.37 bits per heavy atom. The predicted molar refractivity (Wildman–Crippen MR) is 111 cm³/mol. The van der Waals surface area contributed by atoms with Crippen molar-refractivity contribution in [1.29, 1.82) is 0 Å². The molecule has 2 aromatic heterocycles. The van der Waals surface area contributed by atoms with Crippen molar-refractivity contribution in [2.45, 2.75) is 61.7 Å². The number of aromatic nitrogens is 3. The average Bonchev–Trinajstić information content (AvgIpc) is 3.64. The van der Waals surface area contributed by atoms with Gasteiger partial charge in [-0.15, -0.1) is 0 Å². The van der Waals surface area contributed by atoms with E-state index in [1.807, 2.05) is 22.8 Å². The van der Waals surface area contributed by atoms with Crippen LogP contribution in [0.25, 0.3) is 10.9 Å². The molecular formula is C21H22N5O3S+. The molecule has 2 saturated carbocycles. The Morgan fingerprint density at radius 3 is 2.97 bits per heavy atom. The van der Waals surface area contributed by atoms with Crippen molar-refractivity contribution in [2.24, 2.45) is 0 Å². The zero-order chi connectivity index (χ0) is 20.2. The van der Waals surface area contributed by atoms with Gasteiger partial charge < -0.3 is 9.63 Å². The summed E-state index contributed by atoms with van der Waals surface area (Å²) >= 11 is 1.39. The summed E-state index contributed by atoms with van der Waals surface area (Å²) < 4.78 is 13.0. The minimum absolute atomic E-state index is 0.0107. The molecule has 3 aromatic rings. The molecule has 0 saturated heterocycles. The van der Waals surface area contributed by atoms with Gasteiger partial charge in [-0.05, 0) is 67.9 Å². The number of hydrogen-bond donors (Lipinski definition) is 2. The van der Waals surface area contributed by atoms with E-state index in [1.54, 1.807) is 0 Å². The fourth-order valence-corrected chi connectivity index (χ4v) is 5.59. The average molecular weight is 425 g/mol. The summed E-state index contributed by atoms with van der Waals surface area (Å²) in [4.78, 5) is 16.7. The monoisotopic (exact) mass is 424 g/mol. The zero-order valence-electron chi connectivity index (χ0n) is 16.6. The summed E-state index contributed by atoms with van der Waals surface area (Å²) in [5, 5.41) is 15.2. The van der Waals surface area contributed by atoms with E-state index in [0.717, 1.165) is 65.7 Å². The van der Waals surface area contributed by atoms with Gasteiger partial charge in [0.2, 0.25) is 5.82 Å². The minimum Gasteiger partial charge on any atom is -0.375 e. The quantitative estimate of drug-likeness (QED) is 0.378. The molecule has 2 N–H and O–H groups in total. The van der Waals surface area contributed by atoms with E-state index in [1.165, 1.54) is 11.9 Å². The van der Waals surface area contributed by atoms with Crippen LogP contribution in [0.3, 0.4) is 0 Å². The Bertz CT molecular complexity index is 1290. The molecule has 2 aliphatic heterocycles. The predicted octanol–water partition coefficient (Wildman–Crippen LogP) is 2.31. The van der Waals surface area contributed by atoms with Gasteiger partial charge in [-0.3, -0.25) is 4.79 Å². The van der Waals surface area contributed by atoms with Gasteiger partial charge in [-0.1, -0.05) is 0 Å². The van der Waals surface area contributed by atoms with Crippen LogP contribution >= 0.6 is 11.9 Å². The molecule has 4 heterocycles. The summed E-state index contributed by atoms with van der Waals surface area (Å²) in [7, 11) is 0. The second-order valence-corrected chi connectivity index (χ2v) is 9.94. The van der Waals surface area contributed by atoms with Gasteiger partial charge in [0.05, 0.1) is 10.9 Å². The van der Waals surface area contributed by atoms with E-state index in [-0.39, 0.29) is 11.6 Å². The van der Waals surface area contributed by atoms with Gasteiger partial charge >= 0.3 is 11.5 Å². The molecule has 154 valence electrons. The zero-order valence-corrected chi connectivity index (χ0v) is 17.4. The fourth-order valence-electron chi connectivity index (χ4n) is 4.77. The lowest BCUT2D eigenvalue weighted by Crippen LogP contribution is -2.44. The molecule has 9 heteroatoms. The Labute approximate surface area is 176 Å². The van der Waals surface area contributed by atoms with Crippen molar-refractivity contribution in [3.8, 4) is 0 Å². The second kappa shape index (κ2) is 5.66. The summed E-state index contributed by atoms with van der Waals surface area (Å²) in [5.74, 6) is 3.19. The van der Waals surface area contributed by atoms with Crippen LogP contribution in [-0.4, -0.2) is 27.1 Å². The Kier molecular flexibility index (Phi) is 3.27. The maximum atomic E-state index is 13.6. The van der Waals surface area contributed by atoms with E-state index in [0.29, 0.717) is 17.8 Å². The van der Waals surface area contributed by atoms with Gasteiger partial charge in [0.25, 0.3) is 0 Å². The van der Waals surface area contributed by atoms with E-state index in [4.69, 9.17) is 4.52 Å². The molecule has 4 aliphatic rings. The molecule has 1 unspecified atom stereocenters. The molecule has 30 heavy (non-hydrogen) atoms. The van der Waals surface area contributed by atoms with Gasteiger partial charge in [0.15, 0.2) is 0 Å². The van der Waals surface area contributed by atoms with Crippen molar-refractivity contribution < 1.29 is 14.2 Å². The number of nitrogens with zero attached hydrogens (tertiary/aromatic N) is 4. The maximum absolute atomic E-state index is 13.6. The van der Waals surface area contributed by atoms with Crippen LogP contribution in [-0.2, 0) is 6.54 Å². The standard InChI is InChI=1S/C21H22N5O3S/c1-11-9-24-18-15(17(29-22-18)12-2-3-12)10-25-19(27)14-8-13(30-23-21(28)6-7-21)4-5-16(14)26(11)20(24)25/h4-5,8,11-12,23,28H,2-3,6-7,9-10H2,1H3/q+1. The van der Waals surface area contributed by atoms with Crippen molar-refractivity contribution in [3.05, 3.63) is 39.9 Å². The van der Waals surface area contributed by atoms with Crippen LogP contribution in [0.2, 0.25) is 0 Å². The van der Waals surface area contributed by atoms with E-state index >= 15 is 0 Å². The van der Waals surface area contributed by atoms with Crippen molar-refractivity contribution in [2.75, 3.05) is 11.4 Å². The Hall–Kier alpha value is -2.36. The lowest BCUT2D eigenvalue weighted by molar-refractivity contribution is -0.671. The van der Waals surface area contributed by atoms with Crippen molar-refractivity contribution in [3.63, 3.8) is 0 Å². The smallest absolute Gasteiger partial charge is 0.370 e. The topological polar surface area (TPSA) is 87.4 Å². The number of rotatable bonds is 4. The first-order valence-electron chi connectivity index (χ1n) is 10.6. The highest BCUT2D eigenvalue weighted by Crippen LogP contribution is 2.47. The third-order valence-electron chi connectivity index (χ3n) is 6.69. The highest BCUT2D eigenvalue weighted by Gasteiger charge is 2.48. The molecule has 0 bridgehead atoms. The van der Waals surface area contributed by atoms with Crippen molar-refractivity contribution >= 4 is 34.6 Å². The highest BCUT2D eigenvalue weighted by molar-refractivity contribution is 7.97. The van der Waals surface area contributed by atoms with Crippen LogP contribution in [0.5, 0.6) is 0 Å². The van der Waals surface area contributed by atoms with Crippen LogP contribution in [0.15, 0.2) is 32.4 Å². The number of aliphatic hydroxyl groups is 1. The molecule has 0 spiro atoms. The fraction of sp³-hybridized carbons (Fsp3) is 0.476. The largest absolute Gasteiger partial charge is 0.375 e. The number of benzene rings is 1. The van der Waals surface area contributed by atoms with E-state index in [9.17, 15) is 9.90 Å². The van der Waals surface area contributed by atoms with Gasteiger partial charge in [-0.2, -0.15) is 4.57 Å². The third-order valence-corrected chi connectivity index (χ3v) is 7.66. The summed E-state index contributed by atoms with van der Waals surface area (Å²) in [6.45, 7) is 3.46. The normalized spacial score (nSPS) is 23.0. The molecule has 2 fully saturated rings. The highest BCUT2D eigenvalue weighted by atomic mass is 32.2. The number of hydrogen-bond acceptors (Lipinski definition) is 7. The SMILES string of the molecule is CC1CN2c3noc(C4CC4)c3Cn3c2[n+]1c1ccc(SNC2(O)CC2)cc1c3=O. The second-order valence-electron chi connectivity index (χ2n) is 9.06. The maximum Gasteiger partial charge on any atom is 0.370 e. The summed E-state index contributed by atoms with van der Waals surface area (Å²) in [5.41, 5.74) is 1.25. The molecule has 8 nitrogen and oxygen atoms in total. The van der Waals surface area contributed by atoms with E-state index < -0.39 is 5.72 Å². The molecule has 1 atom stereocenters. The first kappa shape index (κ1) is 17.3. The first-order valence-corrected chi connectivity index (χ1v) is 11.4. The van der Waals surface area contributed by atoms with Crippen LogP contribution in [0, 0.1) is 0 Å². The minimum atomic E-state index is -0.758. The third kappa shape index (κ3) is 2.34. The summed E-state index contributed by atoms with van der Waals surface area (Å²) in [6, 6.07) is 6.19. The molecular weight excluding hydrogens is 402 g/mol. The molecule has 1 aromatic carbocycles. The number of fused-ring (bicyclic) bond motifs is 4. The lowest BCUT2D eigenvalue weighted by Gasteiger charge is -2.19. The van der Waals surface area contributed by atoms with Gasteiger partial charge in [0, 0.05) is 10.8 Å². The Morgan fingerprint density at radius 2 is 2.20 bits per heavy atom. The Balaban J connectivity index is 1.39. The number of nitrogens with one attached hydrogen (secondary N) is 1. The lowest BCUT2D eigenvalue weighted by atomic mass is 10.1. The molecule has 2 aliphatic carbocycles. The molecule has 7 rings (SSSR count). The van der Waals surface area contributed by atoms with E-state index in [2.05, 4.69) is 26.3 Å². The van der Waals surface area contributed by atoms with Gasteiger partial charge in [-0.25, -0.2) is 14.2 Å². The van der Waals surface area contributed by atoms with Gasteiger partial charge in [0.1, 0.15) is 36.1 Å². The van der Waals surface area contributed by atoms with Crippen LogP contribution in [0.1, 0.15) is 55.9 Å². The first-order chi connectivity index (χ1) is 14.5. The van der Waals surface area contributed by atoms with Crippen molar-refractivity contribution in [1.82, 2.24) is 14.4 Å². The number of anilines is 2. The van der Waals surface area contributed by atoms with Crippen LogP contribution in [0.4, 0.5) is 11.8 Å². The summed E-state index contributed by atoms with van der Waals surface area (Å²) in [6.07, 6.45) is 3.80. The van der Waals surface area contributed by atoms with Crippen LogP contribution < -0.4 is 19.7 Å². The molecule has 0 radical (unpaired) electrons. The molecule has 0 amide bonds.